The molecule has 1 rings (SSSR count). The molecule has 0 bridgehead atoms. The summed E-state index contributed by atoms with van der Waals surface area (Å²) in [4.78, 5) is 11.4. The molecule has 0 saturated carbocycles. The van der Waals surface area contributed by atoms with Gasteiger partial charge in [-0.25, -0.2) is 0 Å². The number of carbonyl (C=O) groups is 1. The number of carbonyl (C=O) groups excluding carboxylic acids is 1. The summed E-state index contributed by atoms with van der Waals surface area (Å²) in [5.74, 6) is -0.0102. The number of amides is 1. The van der Waals surface area contributed by atoms with Gasteiger partial charge < -0.3 is 10.4 Å². The van der Waals surface area contributed by atoms with Crippen LogP contribution in [-0.4, -0.2) is 24.2 Å². The maximum Gasteiger partial charge on any atom is 0.220 e. The fourth-order valence-corrected chi connectivity index (χ4v) is 1.71. The van der Waals surface area contributed by atoms with Crippen molar-refractivity contribution >= 4 is 5.91 Å². The summed E-state index contributed by atoms with van der Waals surface area (Å²) >= 11 is 0. The van der Waals surface area contributed by atoms with Crippen molar-refractivity contribution in [2.45, 2.75) is 39.0 Å². The van der Waals surface area contributed by atoms with Gasteiger partial charge in [-0.3, -0.25) is 4.79 Å². The predicted octanol–water partition coefficient (Wildman–Crippen LogP) is 2.03. The van der Waals surface area contributed by atoms with Crippen LogP contribution in [0.1, 0.15) is 38.3 Å². The third-order valence-corrected chi connectivity index (χ3v) is 2.89. The van der Waals surface area contributed by atoms with Crippen LogP contribution in [0.15, 0.2) is 24.3 Å². The quantitative estimate of drug-likeness (QED) is 0.839. The minimum absolute atomic E-state index is 0.00792. The molecule has 0 heterocycles. The largest absolute Gasteiger partial charge is 0.395 e. The second-order valence-electron chi connectivity index (χ2n) is 5.52. The fourth-order valence-electron chi connectivity index (χ4n) is 1.71. The zero-order valence-electron chi connectivity index (χ0n) is 11.5. The molecule has 0 spiro atoms. The van der Waals surface area contributed by atoms with Crippen LogP contribution in [-0.2, 0) is 16.6 Å². The van der Waals surface area contributed by atoms with Crippen molar-refractivity contribution in [1.29, 1.82) is 0 Å². The van der Waals surface area contributed by atoms with E-state index in [2.05, 4.69) is 50.4 Å². The van der Waals surface area contributed by atoms with E-state index < -0.39 is 0 Å². The summed E-state index contributed by atoms with van der Waals surface area (Å²) in [6.45, 7) is 6.88. The van der Waals surface area contributed by atoms with Crippen LogP contribution in [0.5, 0.6) is 0 Å². The van der Waals surface area contributed by atoms with Gasteiger partial charge in [-0.05, 0) is 23.0 Å². The molecule has 0 fully saturated rings. The minimum Gasteiger partial charge on any atom is -0.395 e. The van der Waals surface area contributed by atoms with E-state index in [-0.39, 0.29) is 17.9 Å². The van der Waals surface area contributed by atoms with Gasteiger partial charge in [-0.1, -0.05) is 45.0 Å². The van der Waals surface area contributed by atoms with Gasteiger partial charge >= 0.3 is 0 Å². The van der Waals surface area contributed by atoms with Gasteiger partial charge in [0.05, 0.1) is 6.61 Å². The molecule has 3 heteroatoms. The smallest absolute Gasteiger partial charge is 0.220 e. The Hall–Kier alpha value is -1.35. The zero-order valence-corrected chi connectivity index (χ0v) is 11.5. The molecule has 1 aromatic carbocycles. The predicted molar refractivity (Wildman–Crippen MR) is 73.6 cm³/mol. The van der Waals surface area contributed by atoms with Gasteiger partial charge in [0.2, 0.25) is 5.91 Å². The first-order valence-corrected chi connectivity index (χ1v) is 6.40. The molecule has 0 unspecified atom stereocenters. The molecular formula is C15H23NO2. The molecule has 2 N–H and O–H groups in total. The number of nitrogens with one attached hydrogen (secondary N) is 1. The maximum absolute atomic E-state index is 11.4. The maximum atomic E-state index is 11.4. The number of rotatable bonds is 5. The second-order valence-corrected chi connectivity index (χ2v) is 5.52. The number of hydrogen-bond donors (Lipinski definition) is 2. The number of aryl methyl sites for hydroxylation is 1. The fraction of sp³-hybridized carbons (Fsp3) is 0.533. The Kier molecular flexibility index (Phi) is 5.35. The normalized spacial score (nSPS) is 11.3. The Morgan fingerprint density at radius 1 is 1.22 bits per heavy atom. The van der Waals surface area contributed by atoms with E-state index >= 15 is 0 Å². The van der Waals surface area contributed by atoms with Crippen LogP contribution in [0, 0.1) is 0 Å². The molecular weight excluding hydrogens is 226 g/mol. The van der Waals surface area contributed by atoms with Crippen LogP contribution >= 0.6 is 0 Å². The van der Waals surface area contributed by atoms with Gasteiger partial charge in [-0.2, -0.15) is 0 Å². The van der Waals surface area contributed by atoms with E-state index in [0.717, 1.165) is 6.42 Å². The Balaban J connectivity index is 2.47. The Morgan fingerprint density at radius 3 is 2.33 bits per heavy atom. The van der Waals surface area contributed by atoms with Crippen molar-refractivity contribution in [2.75, 3.05) is 13.2 Å². The van der Waals surface area contributed by atoms with E-state index in [4.69, 9.17) is 5.11 Å². The Labute approximate surface area is 109 Å². The molecule has 1 amide bonds. The van der Waals surface area contributed by atoms with E-state index in [0.29, 0.717) is 13.0 Å². The SMILES string of the molecule is CC(C)(C)c1ccc(CCC(=O)NCCO)cc1. The molecule has 3 nitrogen and oxygen atoms in total. The highest BCUT2D eigenvalue weighted by atomic mass is 16.3. The van der Waals surface area contributed by atoms with Crippen molar-refractivity contribution in [3.8, 4) is 0 Å². The number of hydrogen-bond acceptors (Lipinski definition) is 2. The van der Waals surface area contributed by atoms with Gasteiger partial charge in [-0.15, -0.1) is 0 Å². The lowest BCUT2D eigenvalue weighted by Gasteiger charge is -2.19. The summed E-state index contributed by atoms with van der Waals surface area (Å²) in [5, 5.41) is 11.2. The summed E-state index contributed by atoms with van der Waals surface area (Å²) < 4.78 is 0. The van der Waals surface area contributed by atoms with E-state index in [9.17, 15) is 4.79 Å². The zero-order chi connectivity index (χ0) is 13.6. The average molecular weight is 249 g/mol. The molecule has 100 valence electrons. The highest BCUT2D eigenvalue weighted by Gasteiger charge is 2.12. The third kappa shape index (κ3) is 4.88. The van der Waals surface area contributed by atoms with E-state index in [1.165, 1.54) is 11.1 Å². The lowest BCUT2D eigenvalue weighted by Crippen LogP contribution is -2.26. The number of benzene rings is 1. The van der Waals surface area contributed by atoms with Crippen molar-refractivity contribution in [3.05, 3.63) is 35.4 Å². The summed E-state index contributed by atoms with van der Waals surface area (Å²) in [7, 11) is 0. The molecule has 0 aromatic heterocycles. The molecule has 0 aliphatic carbocycles. The monoisotopic (exact) mass is 249 g/mol. The molecule has 0 aliphatic rings. The van der Waals surface area contributed by atoms with Crippen molar-refractivity contribution in [2.24, 2.45) is 0 Å². The molecule has 0 atom stereocenters. The van der Waals surface area contributed by atoms with Crippen LogP contribution in [0.2, 0.25) is 0 Å². The van der Waals surface area contributed by atoms with Crippen molar-refractivity contribution in [1.82, 2.24) is 5.32 Å². The Bertz CT molecular complexity index is 376. The van der Waals surface area contributed by atoms with Crippen molar-refractivity contribution in [3.63, 3.8) is 0 Å². The standard InChI is InChI=1S/C15H23NO2/c1-15(2,3)13-7-4-12(5-8-13)6-9-14(18)16-10-11-17/h4-5,7-8,17H,6,9-11H2,1-3H3,(H,16,18). The average Bonchev–Trinajstić information content (AvgIpc) is 2.33. The molecule has 0 radical (unpaired) electrons. The number of aliphatic hydroxyl groups excluding tert-OH is 1. The van der Waals surface area contributed by atoms with Crippen LogP contribution < -0.4 is 5.32 Å². The van der Waals surface area contributed by atoms with Crippen molar-refractivity contribution < 1.29 is 9.90 Å². The number of aliphatic hydroxyl groups is 1. The summed E-state index contributed by atoms with van der Waals surface area (Å²) in [6, 6.07) is 8.42. The third-order valence-electron chi connectivity index (χ3n) is 2.89. The Morgan fingerprint density at radius 2 is 1.83 bits per heavy atom. The topological polar surface area (TPSA) is 49.3 Å². The highest BCUT2D eigenvalue weighted by Crippen LogP contribution is 2.22. The second kappa shape index (κ2) is 6.55. The van der Waals surface area contributed by atoms with Crippen LogP contribution in [0.4, 0.5) is 0 Å². The van der Waals surface area contributed by atoms with E-state index in [1.807, 2.05) is 0 Å². The molecule has 0 aliphatic heterocycles. The summed E-state index contributed by atoms with van der Waals surface area (Å²) in [5.41, 5.74) is 2.63. The molecule has 0 saturated heterocycles. The first kappa shape index (κ1) is 14.7. The van der Waals surface area contributed by atoms with Gasteiger partial charge in [0, 0.05) is 13.0 Å². The van der Waals surface area contributed by atoms with E-state index in [1.54, 1.807) is 0 Å². The van der Waals surface area contributed by atoms with Gasteiger partial charge in [0.1, 0.15) is 0 Å². The lowest BCUT2D eigenvalue weighted by atomic mass is 9.86. The summed E-state index contributed by atoms with van der Waals surface area (Å²) in [6.07, 6.45) is 1.20. The first-order valence-electron chi connectivity index (χ1n) is 6.40. The van der Waals surface area contributed by atoms with Gasteiger partial charge in [0.25, 0.3) is 0 Å². The van der Waals surface area contributed by atoms with Crippen LogP contribution in [0.25, 0.3) is 0 Å². The molecule has 1 aromatic rings. The molecule has 18 heavy (non-hydrogen) atoms. The van der Waals surface area contributed by atoms with Gasteiger partial charge in [0.15, 0.2) is 0 Å². The van der Waals surface area contributed by atoms with Crippen LogP contribution in [0.3, 0.4) is 0 Å². The highest BCUT2D eigenvalue weighted by molar-refractivity contribution is 5.76. The first-order chi connectivity index (χ1) is 8.43. The minimum atomic E-state index is -0.0102. The lowest BCUT2D eigenvalue weighted by molar-refractivity contribution is -0.121.